The second-order valence-electron chi connectivity index (χ2n) is 8.70. The maximum Gasteiger partial charge on any atom is 0.291 e. The van der Waals surface area contributed by atoms with Crippen LogP contribution in [0.2, 0.25) is 5.02 Å². The predicted molar refractivity (Wildman–Crippen MR) is 145 cm³/mol. The number of halogens is 1. The number of piperazine rings is 1. The summed E-state index contributed by atoms with van der Waals surface area (Å²) >= 11 is 6.56. The van der Waals surface area contributed by atoms with Crippen molar-refractivity contribution in [3.8, 4) is 11.3 Å². The minimum Gasteiger partial charge on any atom is -0.451 e. The molecule has 0 saturated carbocycles. The first-order valence-electron chi connectivity index (χ1n) is 11.9. The smallest absolute Gasteiger partial charge is 0.291 e. The molecule has 3 aromatic carbocycles. The molecule has 1 saturated heterocycles. The average Bonchev–Trinajstić information content (AvgIpc) is 3.44. The third kappa shape index (κ3) is 5.23. The molecule has 2 heterocycles. The number of rotatable bonds is 6. The third-order valence-electron chi connectivity index (χ3n) is 6.33. The normalized spacial score (nSPS) is 13.3. The topological polar surface area (TPSA) is 109 Å². The number of anilines is 2. The lowest BCUT2D eigenvalue weighted by atomic mass is 10.1. The quantitative estimate of drug-likeness (QED) is 0.252. The molecule has 0 radical (unpaired) electrons. The molecule has 0 atom stereocenters. The lowest BCUT2D eigenvalue weighted by Gasteiger charge is -2.36. The van der Waals surface area contributed by atoms with E-state index in [2.05, 4.69) is 10.2 Å². The van der Waals surface area contributed by atoms with Gasteiger partial charge in [-0.2, -0.15) is 0 Å². The summed E-state index contributed by atoms with van der Waals surface area (Å²) in [6.07, 6.45) is 0. The van der Waals surface area contributed by atoms with Gasteiger partial charge in [-0.15, -0.1) is 0 Å². The highest BCUT2D eigenvalue weighted by Crippen LogP contribution is 2.32. The number of carbonyl (C=O) groups is 2. The van der Waals surface area contributed by atoms with Crippen LogP contribution in [-0.2, 0) is 0 Å². The zero-order valence-corrected chi connectivity index (χ0v) is 20.9. The average molecular weight is 531 g/mol. The highest BCUT2D eigenvalue weighted by molar-refractivity contribution is 6.33. The maximum atomic E-state index is 12.8. The predicted octanol–water partition coefficient (Wildman–Crippen LogP) is 5.72. The van der Waals surface area contributed by atoms with Crippen molar-refractivity contribution in [3.05, 3.63) is 111 Å². The van der Waals surface area contributed by atoms with E-state index in [1.54, 1.807) is 30.3 Å². The van der Waals surface area contributed by atoms with Crippen molar-refractivity contribution in [1.29, 1.82) is 0 Å². The molecule has 1 aliphatic rings. The molecule has 38 heavy (non-hydrogen) atoms. The van der Waals surface area contributed by atoms with E-state index < -0.39 is 10.8 Å². The zero-order chi connectivity index (χ0) is 26.6. The molecule has 4 aromatic rings. The molecular formula is C28H23ClN4O5. The van der Waals surface area contributed by atoms with Crippen molar-refractivity contribution >= 4 is 40.5 Å². The standard InChI is InChI=1S/C28H23ClN4O5/c29-22-18-20(30-27(34)26-13-12-25(38-26)21-8-4-5-9-23(21)33(36)37)10-11-24(22)31-14-16-32(17-15-31)28(35)19-6-2-1-3-7-19/h1-13,18H,14-17H2,(H,30,34). The van der Waals surface area contributed by atoms with Crippen LogP contribution in [-0.4, -0.2) is 47.8 Å². The lowest BCUT2D eigenvalue weighted by Crippen LogP contribution is -2.48. The highest BCUT2D eigenvalue weighted by Gasteiger charge is 2.24. The summed E-state index contributed by atoms with van der Waals surface area (Å²) in [7, 11) is 0. The summed E-state index contributed by atoms with van der Waals surface area (Å²) in [5, 5.41) is 14.5. The van der Waals surface area contributed by atoms with Crippen molar-refractivity contribution in [2.75, 3.05) is 36.4 Å². The Labute approximate surface area is 223 Å². The van der Waals surface area contributed by atoms with Gasteiger partial charge in [-0.05, 0) is 48.5 Å². The van der Waals surface area contributed by atoms with Gasteiger partial charge in [0.15, 0.2) is 5.76 Å². The van der Waals surface area contributed by atoms with Crippen molar-refractivity contribution in [2.45, 2.75) is 0 Å². The van der Waals surface area contributed by atoms with Crippen LogP contribution in [0.15, 0.2) is 89.3 Å². The first kappa shape index (κ1) is 25.0. The third-order valence-corrected chi connectivity index (χ3v) is 6.63. The minimum absolute atomic E-state index is 0.0114. The van der Waals surface area contributed by atoms with Crippen LogP contribution in [0, 0.1) is 10.1 Å². The van der Waals surface area contributed by atoms with Crippen LogP contribution in [0.4, 0.5) is 17.1 Å². The summed E-state index contributed by atoms with van der Waals surface area (Å²) < 4.78 is 5.62. The molecule has 192 valence electrons. The fourth-order valence-corrected chi connectivity index (χ4v) is 4.69. The number of para-hydroxylation sites is 1. The van der Waals surface area contributed by atoms with E-state index >= 15 is 0 Å². The number of benzene rings is 3. The van der Waals surface area contributed by atoms with Crippen molar-refractivity contribution in [2.24, 2.45) is 0 Å². The van der Waals surface area contributed by atoms with Crippen LogP contribution in [0.1, 0.15) is 20.9 Å². The number of nitro benzene ring substituents is 1. The lowest BCUT2D eigenvalue weighted by molar-refractivity contribution is -0.384. The first-order valence-corrected chi connectivity index (χ1v) is 12.3. The fraction of sp³-hybridized carbons (Fsp3) is 0.143. The van der Waals surface area contributed by atoms with E-state index in [1.807, 2.05) is 41.3 Å². The van der Waals surface area contributed by atoms with Gasteiger partial charge < -0.3 is 19.5 Å². The van der Waals surface area contributed by atoms with Crippen molar-refractivity contribution < 1.29 is 18.9 Å². The van der Waals surface area contributed by atoms with Gasteiger partial charge in [0.05, 0.1) is 21.2 Å². The van der Waals surface area contributed by atoms with Gasteiger partial charge in [-0.25, -0.2) is 0 Å². The summed E-state index contributed by atoms with van der Waals surface area (Å²) in [4.78, 5) is 40.2. The summed E-state index contributed by atoms with van der Waals surface area (Å²) in [5.41, 5.74) is 2.14. The molecule has 0 bridgehead atoms. The minimum atomic E-state index is -0.508. The van der Waals surface area contributed by atoms with Crippen LogP contribution >= 0.6 is 11.6 Å². The Morgan fingerprint density at radius 2 is 1.61 bits per heavy atom. The first-order chi connectivity index (χ1) is 18.4. The summed E-state index contributed by atoms with van der Waals surface area (Å²) in [5.74, 6) is -0.262. The molecule has 1 aliphatic heterocycles. The van der Waals surface area contributed by atoms with Crippen molar-refractivity contribution in [1.82, 2.24) is 4.90 Å². The van der Waals surface area contributed by atoms with Gasteiger partial charge in [-0.3, -0.25) is 19.7 Å². The van der Waals surface area contributed by atoms with E-state index in [-0.39, 0.29) is 28.7 Å². The molecule has 5 rings (SSSR count). The maximum absolute atomic E-state index is 12.8. The Morgan fingerprint density at radius 1 is 0.895 bits per heavy atom. The van der Waals surface area contributed by atoms with E-state index in [9.17, 15) is 19.7 Å². The molecule has 9 nitrogen and oxygen atoms in total. The number of nitrogens with one attached hydrogen (secondary N) is 1. The van der Waals surface area contributed by atoms with Crippen LogP contribution in [0.3, 0.4) is 0 Å². The molecule has 1 aromatic heterocycles. The molecule has 0 unspecified atom stereocenters. The summed E-state index contributed by atoms with van der Waals surface area (Å²) in [6, 6.07) is 23.6. The second kappa shape index (κ2) is 10.8. The van der Waals surface area contributed by atoms with Gasteiger partial charge in [0, 0.05) is 43.5 Å². The van der Waals surface area contributed by atoms with E-state index in [4.69, 9.17) is 16.0 Å². The Balaban J connectivity index is 1.22. The molecule has 2 amide bonds. The zero-order valence-electron chi connectivity index (χ0n) is 20.2. The number of nitrogens with zero attached hydrogens (tertiary/aromatic N) is 3. The second-order valence-corrected chi connectivity index (χ2v) is 9.11. The van der Waals surface area contributed by atoms with E-state index in [1.165, 1.54) is 18.2 Å². The highest BCUT2D eigenvalue weighted by atomic mass is 35.5. The molecular weight excluding hydrogens is 508 g/mol. The molecule has 10 heteroatoms. The van der Waals surface area contributed by atoms with Gasteiger partial charge in [0.1, 0.15) is 5.76 Å². The Kier molecular flexibility index (Phi) is 7.10. The Bertz CT molecular complexity index is 1500. The number of hydrogen-bond donors (Lipinski definition) is 1. The largest absolute Gasteiger partial charge is 0.451 e. The van der Waals surface area contributed by atoms with Gasteiger partial charge >= 0.3 is 0 Å². The van der Waals surface area contributed by atoms with Gasteiger partial charge in [0.2, 0.25) is 0 Å². The summed E-state index contributed by atoms with van der Waals surface area (Å²) in [6.45, 7) is 2.40. The monoisotopic (exact) mass is 530 g/mol. The number of carbonyl (C=O) groups excluding carboxylic acids is 2. The molecule has 1 N–H and O–H groups in total. The number of amides is 2. The molecule has 0 aliphatic carbocycles. The molecule has 1 fully saturated rings. The number of furan rings is 1. The van der Waals surface area contributed by atoms with Crippen LogP contribution in [0.5, 0.6) is 0 Å². The Morgan fingerprint density at radius 3 is 2.32 bits per heavy atom. The van der Waals surface area contributed by atoms with Crippen LogP contribution in [0.25, 0.3) is 11.3 Å². The number of nitro groups is 1. The van der Waals surface area contributed by atoms with E-state index in [0.29, 0.717) is 42.5 Å². The fourth-order valence-electron chi connectivity index (χ4n) is 4.39. The molecule has 0 spiro atoms. The SMILES string of the molecule is O=C(Nc1ccc(N2CCN(C(=O)c3ccccc3)CC2)c(Cl)c1)c1ccc(-c2ccccc2[N+](=O)[O-])o1. The van der Waals surface area contributed by atoms with Crippen molar-refractivity contribution in [3.63, 3.8) is 0 Å². The number of hydrogen-bond acceptors (Lipinski definition) is 6. The van der Waals surface area contributed by atoms with Gasteiger partial charge in [-0.1, -0.05) is 41.9 Å². The van der Waals surface area contributed by atoms with E-state index in [0.717, 1.165) is 5.69 Å². The van der Waals surface area contributed by atoms with Crippen LogP contribution < -0.4 is 10.2 Å². The van der Waals surface area contributed by atoms with Gasteiger partial charge in [0.25, 0.3) is 17.5 Å². The Hall–Kier alpha value is -4.63.